The van der Waals surface area contributed by atoms with Crippen molar-refractivity contribution in [1.29, 1.82) is 0 Å². The number of nitrogens with zero attached hydrogens (tertiary/aromatic N) is 1. The molecule has 2 unspecified atom stereocenters. The lowest BCUT2D eigenvalue weighted by atomic mass is 10.1. The van der Waals surface area contributed by atoms with Gasteiger partial charge in [0.05, 0.1) is 18.8 Å². The van der Waals surface area contributed by atoms with Crippen molar-refractivity contribution in [3.63, 3.8) is 0 Å². The molecule has 1 saturated heterocycles. The number of ether oxygens (including phenoxy) is 1. The van der Waals surface area contributed by atoms with Crippen LogP contribution in [-0.4, -0.2) is 44.8 Å². The lowest BCUT2D eigenvalue weighted by Gasteiger charge is -2.38. The Kier molecular flexibility index (Phi) is 4.38. The average molecular weight is 305 g/mol. The normalized spacial score (nSPS) is 27.2. The van der Waals surface area contributed by atoms with Crippen molar-refractivity contribution < 1.29 is 4.74 Å². The van der Waals surface area contributed by atoms with Gasteiger partial charge >= 0.3 is 0 Å². The van der Waals surface area contributed by atoms with Gasteiger partial charge < -0.3 is 10.1 Å². The zero-order valence-corrected chi connectivity index (χ0v) is 12.0. The Labute approximate surface area is 109 Å². The maximum absolute atomic E-state index is 5.85. The second-order valence-corrected chi connectivity index (χ2v) is 5.92. The van der Waals surface area contributed by atoms with E-state index in [9.17, 15) is 0 Å². The van der Waals surface area contributed by atoms with E-state index < -0.39 is 0 Å². The second-order valence-electron chi connectivity index (χ2n) is 4.06. The van der Waals surface area contributed by atoms with Crippen LogP contribution in [0.15, 0.2) is 15.9 Å². The van der Waals surface area contributed by atoms with Gasteiger partial charge in [-0.2, -0.15) is 0 Å². The van der Waals surface area contributed by atoms with Gasteiger partial charge in [-0.25, -0.2) is 0 Å². The summed E-state index contributed by atoms with van der Waals surface area (Å²) in [5.41, 5.74) is 0. The molecule has 0 aliphatic carbocycles. The van der Waals surface area contributed by atoms with Gasteiger partial charge in [-0.1, -0.05) is 0 Å². The smallest absolute Gasteiger partial charge is 0.0904 e. The van der Waals surface area contributed by atoms with E-state index in [0.29, 0.717) is 6.04 Å². The van der Waals surface area contributed by atoms with E-state index in [1.165, 1.54) is 4.88 Å². The van der Waals surface area contributed by atoms with Gasteiger partial charge in [-0.15, -0.1) is 11.3 Å². The van der Waals surface area contributed by atoms with Crippen molar-refractivity contribution in [1.82, 2.24) is 10.2 Å². The molecule has 16 heavy (non-hydrogen) atoms. The summed E-state index contributed by atoms with van der Waals surface area (Å²) < 4.78 is 7.01. The predicted molar refractivity (Wildman–Crippen MR) is 71.1 cm³/mol. The molecule has 3 nitrogen and oxygen atoms in total. The number of nitrogens with one attached hydrogen (secondary N) is 1. The van der Waals surface area contributed by atoms with Gasteiger partial charge in [0, 0.05) is 27.8 Å². The van der Waals surface area contributed by atoms with E-state index in [2.05, 4.69) is 44.6 Å². The van der Waals surface area contributed by atoms with E-state index in [1.54, 1.807) is 11.3 Å². The van der Waals surface area contributed by atoms with Crippen molar-refractivity contribution in [3.8, 4) is 0 Å². The van der Waals surface area contributed by atoms with Gasteiger partial charge in [-0.3, -0.25) is 4.90 Å². The first-order valence-electron chi connectivity index (χ1n) is 5.42. The summed E-state index contributed by atoms with van der Waals surface area (Å²) in [6, 6.07) is 2.57. The molecule has 1 fully saturated rings. The molecular formula is C11H17BrN2OS. The quantitative estimate of drug-likeness (QED) is 0.925. The van der Waals surface area contributed by atoms with Crippen LogP contribution in [0.1, 0.15) is 10.9 Å². The zero-order chi connectivity index (χ0) is 11.5. The van der Waals surface area contributed by atoms with E-state index in [-0.39, 0.29) is 6.10 Å². The summed E-state index contributed by atoms with van der Waals surface area (Å²) in [6.45, 7) is 2.72. The fourth-order valence-electron chi connectivity index (χ4n) is 2.12. The maximum atomic E-state index is 5.85. The Hall–Kier alpha value is 0.0600. The highest BCUT2D eigenvalue weighted by Gasteiger charge is 2.31. The lowest BCUT2D eigenvalue weighted by Crippen LogP contribution is -2.46. The van der Waals surface area contributed by atoms with Gasteiger partial charge in [-0.05, 0) is 36.1 Å². The van der Waals surface area contributed by atoms with Crippen LogP contribution in [0.3, 0.4) is 0 Å². The summed E-state index contributed by atoms with van der Waals surface area (Å²) >= 11 is 5.31. The number of hydrogen-bond acceptors (Lipinski definition) is 4. The van der Waals surface area contributed by atoms with Crippen LogP contribution in [0, 0.1) is 0 Å². The fraction of sp³-hybridized carbons (Fsp3) is 0.636. The van der Waals surface area contributed by atoms with Crippen LogP contribution in [0.2, 0.25) is 0 Å². The molecule has 0 bridgehead atoms. The summed E-state index contributed by atoms with van der Waals surface area (Å²) in [5, 5.41) is 5.34. The Balaban J connectivity index is 2.18. The second kappa shape index (κ2) is 5.60. The molecule has 0 aromatic carbocycles. The average Bonchev–Trinajstić information content (AvgIpc) is 2.65. The van der Waals surface area contributed by atoms with Crippen LogP contribution in [0.4, 0.5) is 0 Å². The first-order valence-corrected chi connectivity index (χ1v) is 7.10. The largest absolute Gasteiger partial charge is 0.374 e. The summed E-state index contributed by atoms with van der Waals surface area (Å²) in [4.78, 5) is 3.75. The first-order chi connectivity index (χ1) is 7.72. The molecule has 0 radical (unpaired) electrons. The monoisotopic (exact) mass is 304 g/mol. The highest BCUT2D eigenvalue weighted by molar-refractivity contribution is 9.10. The molecule has 1 N–H and O–H groups in total. The number of halogens is 1. The van der Waals surface area contributed by atoms with E-state index in [1.807, 2.05) is 7.05 Å². The van der Waals surface area contributed by atoms with Crippen LogP contribution in [-0.2, 0) is 4.74 Å². The third-order valence-electron chi connectivity index (χ3n) is 2.89. The minimum absolute atomic E-state index is 0.245. The Morgan fingerprint density at radius 3 is 3.12 bits per heavy atom. The Morgan fingerprint density at radius 2 is 2.50 bits per heavy atom. The summed E-state index contributed by atoms with van der Waals surface area (Å²) in [7, 11) is 4.14. The van der Waals surface area contributed by atoms with Crippen molar-refractivity contribution in [3.05, 3.63) is 20.8 Å². The molecule has 1 aliphatic rings. The molecule has 2 rings (SSSR count). The Bertz CT molecular complexity index is 342. The molecule has 0 spiro atoms. The van der Waals surface area contributed by atoms with Gasteiger partial charge in [0.25, 0.3) is 0 Å². The number of morpholine rings is 1. The highest BCUT2D eigenvalue weighted by atomic mass is 79.9. The van der Waals surface area contributed by atoms with E-state index in [4.69, 9.17) is 4.74 Å². The van der Waals surface area contributed by atoms with Crippen molar-refractivity contribution >= 4 is 27.3 Å². The van der Waals surface area contributed by atoms with Gasteiger partial charge in [0.2, 0.25) is 0 Å². The van der Waals surface area contributed by atoms with Crippen molar-refractivity contribution in [2.75, 3.05) is 33.8 Å². The molecular weight excluding hydrogens is 288 g/mol. The minimum atomic E-state index is 0.245. The van der Waals surface area contributed by atoms with Crippen LogP contribution < -0.4 is 5.32 Å². The summed E-state index contributed by atoms with van der Waals surface area (Å²) in [5.74, 6) is 0. The Morgan fingerprint density at radius 1 is 1.69 bits per heavy atom. The number of rotatable bonds is 3. The lowest BCUT2D eigenvalue weighted by molar-refractivity contribution is -0.0594. The topological polar surface area (TPSA) is 24.5 Å². The molecule has 2 heterocycles. The first kappa shape index (κ1) is 12.5. The molecule has 5 heteroatoms. The molecule has 1 aromatic heterocycles. The van der Waals surface area contributed by atoms with E-state index in [0.717, 1.165) is 24.2 Å². The molecule has 1 aromatic rings. The zero-order valence-electron chi connectivity index (χ0n) is 9.57. The molecule has 0 amide bonds. The van der Waals surface area contributed by atoms with Crippen LogP contribution >= 0.6 is 27.3 Å². The van der Waals surface area contributed by atoms with Crippen LogP contribution in [0.25, 0.3) is 0 Å². The SMILES string of the molecule is CNCC1OCCN(C)C1c1cc(Br)cs1. The summed E-state index contributed by atoms with van der Waals surface area (Å²) in [6.07, 6.45) is 0.245. The minimum Gasteiger partial charge on any atom is -0.374 e. The third-order valence-corrected chi connectivity index (χ3v) is 4.65. The van der Waals surface area contributed by atoms with Gasteiger partial charge in [0.1, 0.15) is 0 Å². The molecule has 2 atom stereocenters. The number of likely N-dealkylation sites (N-methyl/N-ethyl adjacent to an activating group) is 2. The third kappa shape index (κ3) is 2.65. The standard InChI is InChI=1S/C11H17BrN2OS/c1-13-6-9-11(14(2)3-4-15-9)10-5-8(12)7-16-10/h5,7,9,11,13H,3-4,6H2,1-2H3. The molecule has 0 saturated carbocycles. The van der Waals surface area contributed by atoms with Crippen molar-refractivity contribution in [2.24, 2.45) is 0 Å². The number of hydrogen-bond donors (Lipinski definition) is 1. The van der Waals surface area contributed by atoms with E-state index >= 15 is 0 Å². The van der Waals surface area contributed by atoms with Crippen molar-refractivity contribution in [2.45, 2.75) is 12.1 Å². The maximum Gasteiger partial charge on any atom is 0.0904 e. The van der Waals surface area contributed by atoms with Crippen LogP contribution in [0.5, 0.6) is 0 Å². The highest BCUT2D eigenvalue weighted by Crippen LogP contribution is 2.33. The number of thiophene rings is 1. The predicted octanol–water partition coefficient (Wildman–Crippen LogP) is 2.10. The van der Waals surface area contributed by atoms with Gasteiger partial charge in [0.15, 0.2) is 0 Å². The fourth-order valence-corrected chi connectivity index (χ4v) is 3.78. The molecule has 1 aliphatic heterocycles. The molecule has 90 valence electrons.